The summed E-state index contributed by atoms with van der Waals surface area (Å²) >= 11 is 0. The summed E-state index contributed by atoms with van der Waals surface area (Å²) < 4.78 is 33.0. The lowest BCUT2D eigenvalue weighted by Crippen LogP contribution is -2.09. The van der Waals surface area contributed by atoms with Gasteiger partial charge in [-0.15, -0.1) is 0 Å². The van der Waals surface area contributed by atoms with Gasteiger partial charge in [-0.1, -0.05) is 6.07 Å². The molecule has 0 atom stereocenters. The Hall–Kier alpha value is -2.24. The van der Waals surface area contributed by atoms with Gasteiger partial charge in [-0.2, -0.15) is 5.10 Å². The fourth-order valence-electron chi connectivity index (χ4n) is 3.00. The van der Waals surface area contributed by atoms with Crippen LogP contribution in [0.25, 0.3) is 5.69 Å². The van der Waals surface area contributed by atoms with Crippen LogP contribution < -0.4 is 0 Å². The lowest BCUT2D eigenvalue weighted by Gasteiger charge is -2.14. The standard InChI is InChI=1S/C17H18F2N2O2/c1-2-23-17(22)11-6-5-7-12(10-11)21-14-9-4-3-8-13(14)15(20-21)16(18)19/h5-7,10,16H,2-4,8-9H2,1H3. The van der Waals surface area contributed by atoms with Gasteiger partial charge in [-0.25, -0.2) is 18.3 Å². The van der Waals surface area contributed by atoms with Gasteiger partial charge >= 0.3 is 5.97 Å². The Bertz CT molecular complexity index is 725. The lowest BCUT2D eigenvalue weighted by molar-refractivity contribution is 0.0526. The third-order valence-electron chi connectivity index (χ3n) is 4.02. The molecule has 1 aliphatic rings. The van der Waals surface area contributed by atoms with E-state index < -0.39 is 12.4 Å². The van der Waals surface area contributed by atoms with Crippen molar-refractivity contribution >= 4 is 5.97 Å². The van der Waals surface area contributed by atoms with E-state index in [0.717, 1.165) is 25.0 Å². The van der Waals surface area contributed by atoms with Crippen LogP contribution in [0.15, 0.2) is 24.3 Å². The summed E-state index contributed by atoms with van der Waals surface area (Å²) in [6.07, 6.45) is 0.627. The fraction of sp³-hybridized carbons (Fsp3) is 0.412. The van der Waals surface area contributed by atoms with E-state index in [-0.39, 0.29) is 12.3 Å². The van der Waals surface area contributed by atoms with E-state index in [2.05, 4.69) is 5.10 Å². The largest absolute Gasteiger partial charge is 0.462 e. The van der Waals surface area contributed by atoms with Crippen LogP contribution in [-0.4, -0.2) is 22.4 Å². The van der Waals surface area contributed by atoms with Crippen molar-refractivity contribution in [1.82, 2.24) is 9.78 Å². The van der Waals surface area contributed by atoms with Crippen LogP contribution in [0.4, 0.5) is 8.78 Å². The quantitative estimate of drug-likeness (QED) is 0.803. The maximum Gasteiger partial charge on any atom is 0.338 e. The van der Waals surface area contributed by atoms with Crippen molar-refractivity contribution in [3.05, 3.63) is 46.8 Å². The van der Waals surface area contributed by atoms with Crippen LogP contribution in [0.2, 0.25) is 0 Å². The highest BCUT2D eigenvalue weighted by Gasteiger charge is 2.26. The van der Waals surface area contributed by atoms with E-state index in [0.29, 0.717) is 23.2 Å². The topological polar surface area (TPSA) is 44.1 Å². The van der Waals surface area contributed by atoms with Crippen LogP contribution in [0.3, 0.4) is 0 Å². The highest BCUT2D eigenvalue weighted by Crippen LogP contribution is 2.32. The van der Waals surface area contributed by atoms with Gasteiger partial charge in [-0.05, 0) is 50.8 Å². The molecule has 4 nitrogen and oxygen atoms in total. The number of rotatable bonds is 4. The molecule has 0 aliphatic heterocycles. The number of nitrogens with zero attached hydrogens (tertiary/aromatic N) is 2. The highest BCUT2D eigenvalue weighted by atomic mass is 19.3. The molecule has 122 valence electrons. The summed E-state index contributed by atoms with van der Waals surface area (Å²) in [5.74, 6) is -0.426. The number of alkyl halides is 2. The van der Waals surface area contributed by atoms with E-state index in [1.54, 1.807) is 35.9 Å². The maximum absolute atomic E-state index is 13.2. The molecule has 0 saturated carbocycles. The molecular formula is C17H18F2N2O2. The number of aromatic nitrogens is 2. The zero-order valence-corrected chi connectivity index (χ0v) is 12.9. The van der Waals surface area contributed by atoms with Crippen LogP contribution in [0.5, 0.6) is 0 Å². The number of hydrogen-bond acceptors (Lipinski definition) is 3. The Morgan fingerprint density at radius 3 is 2.87 bits per heavy atom. The summed E-state index contributed by atoms with van der Waals surface area (Å²) in [6, 6.07) is 6.75. The number of fused-ring (bicyclic) bond motifs is 1. The molecule has 0 spiro atoms. The van der Waals surface area contributed by atoms with Crippen molar-refractivity contribution in [3.8, 4) is 5.69 Å². The molecule has 23 heavy (non-hydrogen) atoms. The van der Waals surface area contributed by atoms with Gasteiger partial charge in [0.15, 0.2) is 0 Å². The van der Waals surface area contributed by atoms with Crippen LogP contribution >= 0.6 is 0 Å². The second-order valence-corrected chi connectivity index (χ2v) is 5.50. The number of halogens is 2. The monoisotopic (exact) mass is 320 g/mol. The molecule has 0 amide bonds. The number of esters is 1. The van der Waals surface area contributed by atoms with Crippen molar-refractivity contribution < 1.29 is 18.3 Å². The summed E-state index contributed by atoms with van der Waals surface area (Å²) in [7, 11) is 0. The van der Waals surface area contributed by atoms with Gasteiger partial charge in [0, 0.05) is 11.3 Å². The Morgan fingerprint density at radius 2 is 2.13 bits per heavy atom. The summed E-state index contributed by atoms with van der Waals surface area (Å²) in [6.45, 7) is 2.02. The fourth-order valence-corrected chi connectivity index (χ4v) is 3.00. The number of ether oxygens (including phenoxy) is 1. The molecule has 1 aliphatic carbocycles. The minimum Gasteiger partial charge on any atom is -0.462 e. The smallest absolute Gasteiger partial charge is 0.338 e. The van der Waals surface area contributed by atoms with Crippen LogP contribution in [-0.2, 0) is 17.6 Å². The predicted octanol–water partition coefficient (Wildman–Crippen LogP) is 3.87. The second-order valence-electron chi connectivity index (χ2n) is 5.50. The van der Waals surface area contributed by atoms with E-state index in [4.69, 9.17) is 4.74 Å². The average molecular weight is 320 g/mol. The number of carbonyl (C=O) groups is 1. The molecule has 0 fully saturated rings. The van der Waals surface area contributed by atoms with Gasteiger partial charge < -0.3 is 4.74 Å². The van der Waals surface area contributed by atoms with Crippen molar-refractivity contribution in [2.75, 3.05) is 6.61 Å². The molecule has 3 rings (SSSR count). The van der Waals surface area contributed by atoms with E-state index >= 15 is 0 Å². The Balaban J connectivity index is 2.05. The zero-order valence-electron chi connectivity index (χ0n) is 12.9. The third kappa shape index (κ3) is 2.98. The first kappa shape index (κ1) is 15.6. The molecular weight excluding hydrogens is 302 g/mol. The molecule has 1 heterocycles. The second kappa shape index (κ2) is 6.48. The van der Waals surface area contributed by atoms with Gasteiger partial charge in [0.05, 0.1) is 17.9 Å². The van der Waals surface area contributed by atoms with Crippen LogP contribution in [0.1, 0.15) is 53.5 Å². The lowest BCUT2D eigenvalue weighted by atomic mass is 9.95. The van der Waals surface area contributed by atoms with Gasteiger partial charge in [0.1, 0.15) is 5.69 Å². The summed E-state index contributed by atoms with van der Waals surface area (Å²) in [5.41, 5.74) is 2.35. The normalized spacial score (nSPS) is 13.9. The molecule has 1 aromatic carbocycles. The maximum atomic E-state index is 13.2. The van der Waals surface area contributed by atoms with Crippen molar-refractivity contribution in [2.24, 2.45) is 0 Å². The van der Waals surface area contributed by atoms with Crippen LogP contribution in [0, 0.1) is 0 Å². The number of carbonyl (C=O) groups excluding carboxylic acids is 1. The van der Waals surface area contributed by atoms with Gasteiger partial charge in [0.25, 0.3) is 6.43 Å². The Kier molecular flexibility index (Phi) is 4.41. The molecule has 6 heteroatoms. The third-order valence-corrected chi connectivity index (χ3v) is 4.02. The zero-order chi connectivity index (χ0) is 16.4. The summed E-state index contributed by atoms with van der Waals surface area (Å²) in [5, 5.41) is 4.12. The molecule has 1 aromatic heterocycles. The minimum absolute atomic E-state index is 0.138. The predicted molar refractivity (Wildman–Crippen MR) is 81.1 cm³/mol. The first-order chi connectivity index (χ1) is 11.1. The first-order valence-electron chi connectivity index (χ1n) is 7.78. The van der Waals surface area contributed by atoms with E-state index in [1.165, 1.54) is 0 Å². The number of hydrogen-bond donors (Lipinski definition) is 0. The Morgan fingerprint density at radius 1 is 1.35 bits per heavy atom. The van der Waals surface area contributed by atoms with Crippen molar-refractivity contribution in [1.29, 1.82) is 0 Å². The van der Waals surface area contributed by atoms with E-state index in [9.17, 15) is 13.6 Å². The van der Waals surface area contributed by atoms with E-state index in [1.807, 2.05) is 0 Å². The van der Waals surface area contributed by atoms with Crippen molar-refractivity contribution in [2.45, 2.75) is 39.0 Å². The highest BCUT2D eigenvalue weighted by molar-refractivity contribution is 5.90. The number of benzene rings is 1. The SMILES string of the molecule is CCOC(=O)c1cccc(-n2nc(C(F)F)c3c2CCCC3)c1. The molecule has 0 bridgehead atoms. The van der Waals surface area contributed by atoms with Gasteiger partial charge in [0.2, 0.25) is 0 Å². The Labute approximate surface area is 133 Å². The van der Waals surface area contributed by atoms with Crippen molar-refractivity contribution in [3.63, 3.8) is 0 Å². The molecule has 0 saturated heterocycles. The molecule has 2 aromatic rings. The molecule has 0 N–H and O–H groups in total. The van der Waals surface area contributed by atoms with Gasteiger partial charge in [-0.3, -0.25) is 0 Å². The minimum atomic E-state index is -2.59. The molecule has 0 unspecified atom stereocenters. The summed E-state index contributed by atoms with van der Waals surface area (Å²) in [4.78, 5) is 11.9. The average Bonchev–Trinajstić information content (AvgIpc) is 2.95. The molecule has 0 radical (unpaired) electrons. The first-order valence-corrected chi connectivity index (χ1v) is 7.78.